The Morgan fingerprint density at radius 3 is 2.74 bits per heavy atom. The second kappa shape index (κ2) is 8.18. The van der Waals surface area contributed by atoms with Gasteiger partial charge in [-0.2, -0.15) is 0 Å². The summed E-state index contributed by atoms with van der Waals surface area (Å²) in [7, 11) is 2.99. The molecule has 0 aliphatic carbocycles. The number of hydrogen-bond acceptors (Lipinski definition) is 7. The van der Waals surface area contributed by atoms with Crippen LogP contribution >= 0.6 is 23.5 Å². The number of amides is 1. The molecule has 1 aromatic carbocycles. The molecule has 0 fully saturated rings. The molecule has 1 aliphatic rings. The minimum Gasteiger partial charge on any atom is -0.465 e. The van der Waals surface area contributed by atoms with E-state index in [1.165, 1.54) is 23.4 Å². The lowest BCUT2D eigenvalue weighted by Crippen LogP contribution is -2.23. The Kier molecular flexibility index (Phi) is 5.91. The second-order valence-electron chi connectivity index (χ2n) is 6.07. The fraction of sp³-hybridized carbons (Fsp3) is 0.333. The third-order valence-corrected chi connectivity index (χ3v) is 6.25. The zero-order valence-electron chi connectivity index (χ0n) is 15.1. The van der Waals surface area contributed by atoms with Crippen LogP contribution in [0.3, 0.4) is 0 Å². The fourth-order valence-electron chi connectivity index (χ4n) is 2.64. The fourth-order valence-corrected chi connectivity index (χ4v) is 4.57. The van der Waals surface area contributed by atoms with Gasteiger partial charge in [0.15, 0.2) is 5.16 Å². The van der Waals surface area contributed by atoms with Crippen molar-refractivity contribution in [3.63, 3.8) is 0 Å². The van der Waals surface area contributed by atoms with E-state index in [-0.39, 0.29) is 17.2 Å². The molecule has 1 N–H and O–H groups in total. The van der Waals surface area contributed by atoms with Gasteiger partial charge in [0.1, 0.15) is 0 Å². The van der Waals surface area contributed by atoms with Gasteiger partial charge in [-0.05, 0) is 24.3 Å². The van der Waals surface area contributed by atoms with E-state index in [1.54, 1.807) is 43.1 Å². The maximum absolute atomic E-state index is 12.4. The number of carbonyl (C=O) groups is 2. The summed E-state index contributed by atoms with van der Waals surface area (Å²) in [5.74, 6) is -0.525. The summed E-state index contributed by atoms with van der Waals surface area (Å²) < 4.78 is 6.13. The van der Waals surface area contributed by atoms with Crippen molar-refractivity contribution < 1.29 is 14.3 Å². The lowest BCUT2D eigenvalue weighted by Gasteiger charge is -2.09. The second-order valence-corrected chi connectivity index (χ2v) is 8.46. The van der Waals surface area contributed by atoms with E-state index in [0.29, 0.717) is 26.6 Å². The standard InChI is InChI=1S/C18H19N3O4S2/c1-10-8-13-15(27-10)16(23)21(2)18(20-13)26-9-14(22)19-12-6-4-11(5-7-12)17(24)25-3/h4-7,10H,8-9H2,1-3H3,(H,19,22). The first-order valence-corrected chi connectivity index (χ1v) is 10.1. The highest BCUT2D eigenvalue weighted by molar-refractivity contribution is 8.00. The molecule has 2 aromatic rings. The minimum absolute atomic E-state index is 0.0596. The van der Waals surface area contributed by atoms with Crippen molar-refractivity contribution in [2.75, 3.05) is 18.2 Å². The molecule has 0 spiro atoms. The number of rotatable bonds is 5. The van der Waals surface area contributed by atoms with Crippen molar-refractivity contribution in [3.8, 4) is 0 Å². The predicted octanol–water partition coefficient (Wildman–Crippen LogP) is 2.33. The van der Waals surface area contributed by atoms with Crippen molar-refractivity contribution in [2.24, 2.45) is 7.05 Å². The van der Waals surface area contributed by atoms with Crippen molar-refractivity contribution in [3.05, 3.63) is 45.9 Å². The smallest absolute Gasteiger partial charge is 0.337 e. The molecule has 1 aromatic heterocycles. The summed E-state index contributed by atoms with van der Waals surface area (Å²) in [6.07, 6.45) is 0.766. The Morgan fingerprint density at radius 1 is 1.37 bits per heavy atom. The van der Waals surface area contributed by atoms with Crippen LogP contribution in [0.5, 0.6) is 0 Å². The molecule has 27 heavy (non-hydrogen) atoms. The average Bonchev–Trinajstić information content (AvgIpc) is 3.04. The van der Waals surface area contributed by atoms with E-state index < -0.39 is 5.97 Å². The molecule has 2 heterocycles. The van der Waals surface area contributed by atoms with Gasteiger partial charge >= 0.3 is 5.97 Å². The number of benzene rings is 1. The largest absolute Gasteiger partial charge is 0.465 e. The Labute approximate surface area is 164 Å². The van der Waals surface area contributed by atoms with Crippen molar-refractivity contribution in [1.29, 1.82) is 0 Å². The molecular formula is C18H19N3O4S2. The van der Waals surface area contributed by atoms with Crippen LogP contribution in [-0.2, 0) is 23.0 Å². The first kappa shape index (κ1) is 19.5. The number of esters is 1. The van der Waals surface area contributed by atoms with E-state index in [2.05, 4.69) is 22.0 Å². The van der Waals surface area contributed by atoms with Crippen molar-refractivity contribution in [2.45, 2.75) is 28.6 Å². The summed E-state index contributed by atoms with van der Waals surface area (Å²) in [5.41, 5.74) is 1.75. The third-order valence-electron chi connectivity index (χ3n) is 4.00. The van der Waals surface area contributed by atoms with Gasteiger partial charge in [-0.3, -0.25) is 14.2 Å². The van der Waals surface area contributed by atoms with E-state index in [4.69, 9.17) is 0 Å². The lowest BCUT2D eigenvalue weighted by molar-refractivity contribution is -0.113. The number of hydrogen-bond donors (Lipinski definition) is 1. The van der Waals surface area contributed by atoms with Crippen LogP contribution < -0.4 is 10.9 Å². The zero-order valence-corrected chi connectivity index (χ0v) is 16.8. The van der Waals surface area contributed by atoms with E-state index in [1.807, 2.05) is 0 Å². The Morgan fingerprint density at radius 2 is 2.07 bits per heavy atom. The van der Waals surface area contributed by atoms with Gasteiger partial charge in [-0.25, -0.2) is 9.78 Å². The number of nitrogens with zero attached hydrogens (tertiary/aromatic N) is 2. The van der Waals surface area contributed by atoms with Gasteiger partial charge in [0.2, 0.25) is 5.91 Å². The van der Waals surface area contributed by atoms with Crippen molar-refractivity contribution in [1.82, 2.24) is 9.55 Å². The van der Waals surface area contributed by atoms with Gasteiger partial charge < -0.3 is 10.1 Å². The van der Waals surface area contributed by atoms with Crippen LogP contribution in [0, 0.1) is 0 Å². The first-order valence-electron chi connectivity index (χ1n) is 8.26. The molecular weight excluding hydrogens is 386 g/mol. The Bertz CT molecular complexity index is 941. The Hall–Kier alpha value is -2.26. The normalized spacial score (nSPS) is 15.3. The quantitative estimate of drug-likeness (QED) is 0.464. The van der Waals surface area contributed by atoms with Gasteiger partial charge in [0.25, 0.3) is 5.56 Å². The summed E-state index contributed by atoms with van der Waals surface area (Å²) in [6.45, 7) is 2.07. The van der Waals surface area contributed by atoms with Gasteiger partial charge in [0, 0.05) is 24.4 Å². The molecule has 0 saturated carbocycles. The van der Waals surface area contributed by atoms with E-state index in [9.17, 15) is 14.4 Å². The van der Waals surface area contributed by atoms with Crippen molar-refractivity contribution >= 4 is 41.1 Å². The number of anilines is 1. The number of nitrogens with one attached hydrogen (secondary N) is 1. The first-order chi connectivity index (χ1) is 12.9. The monoisotopic (exact) mass is 405 g/mol. The third kappa shape index (κ3) is 4.36. The number of fused-ring (bicyclic) bond motifs is 1. The van der Waals surface area contributed by atoms with Crippen LogP contribution in [0.2, 0.25) is 0 Å². The zero-order chi connectivity index (χ0) is 19.6. The maximum Gasteiger partial charge on any atom is 0.337 e. The van der Waals surface area contributed by atoms with Crippen LogP contribution in [0.25, 0.3) is 0 Å². The molecule has 0 radical (unpaired) electrons. The van der Waals surface area contributed by atoms with Gasteiger partial charge in [-0.1, -0.05) is 18.7 Å². The molecule has 142 valence electrons. The summed E-state index contributed by atoms with van der Waals surface area (Å²) in [4.78, 5) is 41.3. The molecule has 1 aliphatic heterocycles. The molecule has 0 bridgehead atoms. The highest BCUT2D eigenvalue weighted by Crippen LogP contribution is 2.33. The Balaban J connectivity index is 1.63. The minimum atomic E-state index is -0.431. The lowest BCUT2D eigenvalue weighted by atomic mass is 10.2. The SMILES string of the molecule is COC(=O)c1ccc(NC(=O)CSc2nc3c(c(=O)n2C)SC(C)C3)cc1. The molecule has 9 heteroatoms. The molecule has 1 atom stereocenters. The van der Waals surface area contributed by atoms with Gasteiger partial charge in [0.05, 0.1) is 29.0 Å². The summed E-state index contributed by atoms with van der Waals surface area (Å²) in [6, 6.07) is 6.44. The van der Waals surface area contributed by atoms with Crippen LogP contribution in [-0.4, -0.2) is 39.5 Å². The highest BCUT2D eigenvalue weighted by Gasteiger charge is 2.25. The number of aromatic nitrogens is 2. The van der Waals surface area contributed by atoms with Gasteiger partial charge in [-0.15, -0.1) is 11.8 Å². The van der Waals surface area contributed by atoms with Crippen LogP contribution in [0.4, 0.5) is 5.69 Å². The molecule has 1 amide bonds. The number of thioether (sulfide) groups is 2. The van der Waals surface area contributed by atoms with Crippen LogP contribution in [0.1, 0.15) is 23.0 Å². The van der Waals surface area contributed by atoms with E-state index >= 15 is 0 Å². The number of methoxy groups -OCH3 is 1. The number of carbonyl (C=O) groups excluding carboxylic acids is 2. The van der Waals surface area contributed by atoms with E-state index in [0.717, 1.165) is 12.1 Å². The van der Waals surface area contributed by atoms with Crippen LogP contribution in [0.15, 0.2) is 39.1 Å². The average molecular weight is 406 g/mol. The topological polar surface area (TPSA) is 90.3 Å². The number of ether oxygens (including phenoxy) is 1. The predicted molar refractivity (Wildman–Crippen MR) is 106 cm³/mol. The molecule has 3 rings (SSSR count). The summed E-state index contributed by atoms with van der Waals surface area (Å²) in [5, 5.41) is 3.63. The molecule has 1 unspecified atom stereocenters. The molecule has 0 saturated heterocycles. The maximum atomic E-state index is 12.4. The summed E-state index contributed by atoms with van der Waals surface area (Å²) >= 11 is 2.78. The highest BCUT2D eigenvalue weighted by atomic mass is 32.2. The molecule has 7 nitrogen and oxygen atoms in total.